The van der Waals surface area contributed by atoms with E-state index in [4.69, 9.17) is 5.11 Å². The molecule has 0 radical (unpaired) electrons. The Bertz CT molecular complexity index is 398. The molecule has 2 nitrogen and oxygen atoms in total. The van der Waals surface area contributed by atoms with E-state index in [2.05, 4.69) is 67.7 Å². The van der Waals surface area contributed by atoms with Gasteiger partial charge in [0.05, 0.1) is 0 Å². The summed E-state index contributed by atoms with van der Waals surface area (Å²) in [5.74, 6) is -0.715. The second kappa shape index (κ2) is 17.2. The third-order valence-electron chi connectivity index (χ3n) is 2.92. The molecule has 0 atom stereocenters. The first-order valence-corrected chi connectivity index (χ1v) is 8.24. The normalized spacial score (nSPS) is 12.8. The van der Waals surface area contributed by atoms with Gasteiger partial charge in [-0.3, -0.25) is 4.79 Å². The van der Waals surface area contributed by atoms with Crippen LogP contribution in [0.3, 0.4) is 0 Å². The molecule has 2 heteroatoms. The maximum atomic E-state index is 10.3. The fourth-order valence-corrected chi connectivity index (χ4v) is 1.74. The second-order valence-corrected chi connectivity index (χ2v) is 4.99. The smallest absolute Gasteiger partial charge is 0.303 e. The summed E-state index contributed by atoms with van der Waals surface area (Å²) in [5.41, 5.74) is 0. The van der Waals surface area contributed by atoms with Gasteiger partial charge >= 0.3 is 5.97 Å². The van der Waals surface area contributed by atoms with Gasteiger partial charge in [-0.1, -0.05) is 67.7 Å². The molecule has 0 amide bonds. The van der Waals surface area contributed by atoms with Crippen molar-refractivity contribution in [2.75, 3.05) is 0 Å². The fraction of sp³-hybridized carbons (Fsp3) is 0.450. The lowest BCUT2D eigenvalue weighted by molar-refractivity contribution is -0.137. The Morgan fingerprint density at radius 1 is 0.727 bits per heavy atom. The minimum absolute atomic E-state index is 0.258. The van der Waals surface area contributed by atoms with Crippen molar-refractivity contribution < 1.29 is 9.90 Å². The second-order valence-electron chi connectivity index (χ2n) is 4.99. The van der Waals surface area contributed by atoms with E-state index < -0.39 is 5.97 Å². The molecule has 0 saturated heterocycles. The topological polar surface area (TPSA) is 37.3 Å². The first kappa shape index (κ1) is 20.2. The number of allylic oxidation sites excluding steroid dienone is 10. The summed E-state index contributed by atoms with van der Waals surface area (Å²) in [6, 6.07) is 0. The van der Waals surface area contributed by atoms with Gasteiger partial charge < -0.3 is 5.11 Å². The number of hydrogen-bond donors (Lipinski definition) is 1. The molecule has 0 spiro atoms. The van der Waals surface area contributed by atoms with E-state index >= 15 is 0 Å². The molecule has 0 bridgehead atoms. The fourth-order valence-electron chi connectivity index (χ4n) is 1.74. The minimum Gasteiger partial charge on any atom is -0.481 e. The number of rotatable bonds is 13. The zero-order chi connectivity index (χ0) is 16.3. The van der Waals surface area contributed by atoms with Crippen LogP contribution in [-0.2, 0) is 4.79 Å². The van der Waals surface area contributed by atoms with E-state index in [-0.39, 0.29) is 6.42 Å². The van der Waals surface area contributed by atoms with E-state index in [1.165, 1.54) is 0 Å². The highest BCUT2D eigenvalue weighted by Crippen LogP contribution is 1.99. The number of aliphatic carboxylic acids is 1. The van der Waals surface area contributed by atoms with Gasteiger partial charge in [-0.15, -0.1) is 0 Å². The molecule has 122 valence electrons. The van der Waals surface area contributed by atoms with Gasteiger partial charge in [0.25, 0.3) is 0 Å². The van der Waals surface area contributed by atoms with Gasteiger partial charge in [0, 0.05) is 6.42 Å². The molecule has 0 aromatic carbocycles. The van der Waals surface area contributed by atoms with Crippen LogP contribution in [0.25, 0.3) is 0 Å². The van der Waals surface area contributed by atoms with Crippen LogP contribution in [0.1, 0.15) is 58.3 Å². The maximum absolute atomic E-state index is 10.3. The Morgan fingerprint density at radius 3 is 1.55 bits per heavy atom. The minimum atomic E-state index is -0.715. The van der Waals surface area contributed by atoms with E-state index in [1.807, 2.05) is 0 Å². The molecule has 0 aliphatic rings. The lowest BCUT2D eigenvalue weighted by Gasteiger charge is -1.89. The lowest BCUT2D eigenvalue weighted by atomic mass is 10.2. The van der Waals surface area contributed by atoms with Crippen LogP contribution in [0.5, 0.6) is 0 Å². The summed E-state index contributed by atoms with van der Waals surface area (Å²) in [4.78, 5) is 10.3. The van der Waals surface area contributed by atoms with E-state index in [0.29, 0.717) is 0 Å². The Labute approximate surface area is 135 Å². The zero-order valence-corrected chi connectivity index (χ0v) is 13.8. The van der Waals surface area contributed by atoms with Crippen LogP contribution in [0.4, 0.5) is 0 Å². The summed E-state index contributed by atoms with van der Waals surface area (Å²) in [6.07, 6.45) is 28.4. The number of carboxylic acids is 1. The van der Waals surface area contributed by atoms with Gasteiger partial charge in [-0.25, -0.2) is 0 Å². The van der Waals surface area contributed by atoms with Gasteiger partial charge in [-0.05, 0) is 44.9 Å². The first-order valence-electron chi connectivity index (χ1n) is 8.24. The van der Waals surface area contributed by atoms with Crippen molar-refractivity contribution in [1.82, 2.24) is 0 Å². The van der Waals surface area contributed by atoms with Gasteiger partial charge in [0.2, 0.25) is 0 Å². The average molecular weight is 307 g/mol. The predicted octanol–water partition coefficient (Wildman–Crippen LogP) is 5.99. The molecule has 0 fully saturated rings. The monoisotopic (exact) mass is 307 g/mol. The van der Waals surface area contributed by atoms with Crippen LogP contribution in [0.15, 0.2) is 60.8 Å². The highest BCUT2D eigenvalue weighted by atomic mass is 16.5. The molecule has 0 aromatic heterocycles. The molecule has 0 heterocycles. The summed E-state index contributed by atoms with van der Waals surface area (Å²) in [5, 5.41) is 8.49. The Hall–Kier alpha value is -1.83. The Morgan fingerprint density at radius 2 is 1.14 bits per heavy atom. The van der Waals surface area contributed by atoms with Crippen molar-refractivity contribution in [2.24, 2.45) is 0 Å². The van der Waals surface area contributed by atoms with Crippen LogP contribution in [0.2, 0.25) is 0 Å². The third-order valence-corrected chi connectivity index (χ3v) is 2.92. The van der Waals surface area contributed by atoms with E-state index in [9.17, 15) is 4.79 Å². The maximum Gasteiger partial charge on any atom is 0.303 e. The zero-order valence-electron chi connectivity index (χ0n) is 13.8. The quantitative estimate of drug-likeness (QED) is 0.258. The van der Waals surface area contributed by atoms with Crippen molar-refractivity contribution >= 4 is 5.97 Å². The number of carboxylic acid groups (broad SMARTS) is 1. The van der Waals surface area contributed by atoms with Crippen LogP contribution < -0.4 is 0 Å². The van der Waals surface area contributed by atoms with Crippen molar-refractivity contribution in [3.8, 4) is 0 Å². The van der Waals surface area contributed by atoms with Gasteiger partial charge in [0.15, 0.2) is 0 Å². The van der Waals surface area contributed by atoms with Crippen molar-refractivity contribution in [2.45, 2.75) is 58.3 Å². The molecule has 0 aliphatic heterocycles. The summed E-state index contributed by atoms with van der Waals surface area (Å²) < 4.78 is 0. The average Bonchev–Trinajstić information content (AvgIpc) is 2.50. The SMILES string of the molecule is CC/C=C\C/C=C\C/C=C\C/C=C\C/C=[13CH]\[13CH2][13CH2][13CH2][13C](=O)O. The van der Waals surface area contributed by atoms with Crippen molar-refractivity contribution in [1.29, 1.82) is 0 Å². The summed E-state index contributed by atoms with van der Waals surface area (Å²) >= 11 is 0. The largest absolute Gasteiger partial charge is 0.481 e. The molecule has 22 heavy (non-hydrogen) atoms. The van der Waals surface area contributed by atoms with Crippen LogP contribution in [0, 0.1) is 0 Å². The summed E-state index contributed by atoms with van der Waals surface area (Å²) in [6.45, 7) is 2.14. The summed E-state index contributed by atoms with van der Waals surface area (Å²) in [7, 11) is 0. The third kappa shape index (κ3) is 18.2. The van der Waals surface area contributed by atoms with Gasteiger partial charge in [0.1, 0.15) is 0 Å². The number of hydrogen-bond acceptors (Lipinski definition) is 1. The lowest BCUT2D eigenvalue weighted by Crippen LogP contribution is -1.92. The highest BCUT2D eigenvalue weighted by Gasteiger charge is 1.92. The molecule has 0 aromatic rings. The molecule has 0 saturated carbocycles. The number of carbonyl (C=O) groups is 1. The molecule has 0 aliphatic carbocycles. The predicted molar refractivity (Wildman–Crippen MR) is 95.9 cm³/mol. The van der Waals surface area contributed by atoms with Gasteiger partial charge in [-0.2, -0.15) is 0 Å². The Kier molecular flexibility index (Phi) is 15.8. The van der Waals surface area contributed by atoms with E-state index in [0.717, 1.165) is 44.9 Å². The molecule has 0 unspecified atom stereocenters. The van der Waals surface area contributed by atoms with Crippen LogP contribution in [-0.4, -0.2) is 11.1 Å². The molecular weight excluding hydrogens is 277 g/mol. The van der Waals surface area contributed by atoms with Crippen molar-refractivity contribution in [3.05, 3.63) is 60.8 Å². The molecular formula is C20H30O2. The Balaban J connectivity index is 3.46. The standard InChI is InChI=1S/C20H30O2/c1-2-3-4-5-6-7-8-9-10-11-12-13-14-15-16-17-18-19-20(21)22/h3-4,6-7,9-10,12-13,15-16H,2,5,8,11,14,17-19H2,1H3,(H,21,22)/b4-3-,7-6-,10-9-,13-12-,16-15-/i16+1,17+1,18+1,19+1,20+1. The highest BCUT2D eigenvalue weighted by molar-refractivity contribution is 5.66. The van der Waals surface area contributed by atoms with E-state index in [1.54, 1.807) is 0 Å². The number of unbranched alkanes of at least 4 members (excludes halogenated alkanes) is 1. The molecule has 1 N–H and O–H groups in total. The molecule has 0 rings (SSSR count). The van der Waals surface area contributed by atoms with Crippen LogP contribution >= 0.6 is 0 Å². The van der Waals surface area contributed by atoms with Crippen molar-refractivity contribution in [3.63, 3.8) is 0 Å². The first-order chi connectivity index (χ1) is 10.8.